The average Bonchev–Trinajstić information content (AvgIpc) is 2.90. The van der Waals surface area contributed by atoms with Crippen molar-refractivity contribution >= 4 is 23.5 Å². The first-order valence-corrected chi connectivity index (χ1v) is 12.4. The molecule has 2 aromatic carbocycles. The van der Waals surface area contributed by atoms with E-state index >= 15 is 0 Å². The Hall–Kier alpha value is -4.10. The second kappa shape index (κ2) is 12.0. The molecule has 1 aliphatic rings. The first kappa shape index (κ1) is 28.9. The fourth-order valence-electron chi connectivity index (χ4n) is 3.95. The number of alkyl halides is 6. The van der Waals surface area contributed by atoms with Crippen LogP contribution in [0.1, 0.15) is 41.3 Å². The highest BCUT2D eigenvalue weighted by Gasteiger charge is 2.31. The lowest BCUT2D eigenvalue weighted by molar-refractivity contribution is -0.154. The number of amides is 1. The van der Waals surface area contributed by atoms with Crippen molar-refractivity contribution in [2.24, 2.45) is 5.92 Å². The third-order valence-corrected chi connectivity index (χ3v) is 6.15. The first-order valence-electron chi connectivity index (χ1n) is 12.4. The van der Waals surface area contributed by atoms with Gasteiger partial charge >= 0.3 is 18.4 Å². The molecule has 0 aliphatic carbocycles. The lowest BCUT2D eigenvalue weighted by Crippen LogP contribution is -2.37. The van der Waals surface area contributed by atoms with Crippen LogP contribution in [0.25, 0.3) is 0 Å². The topological polar surface area (TPSA) is 92.3 Å². The van der Waals surface area contributed by atoms with Crippen LogP contribution in [-0.4, -0.2) is 51.6 Å². The number of hydrogen-bond donors (Lipinski definition) is 2. The maximum Gasteiger partial charge on any atom is 0.422 e. The normalized spacial score (nSPS) is 14.6. The Morgan fingerprint density at radius 3 is 2.30 bits per heavy atom. The summed E-state index contributed by atoms with van der Waals surface area (Å²) in [6.07, 6.45) is -7.35. The fraction of sp³-hybridized carbons (Fsp3) is 0.385. The van der Waals surface area contributed by atoms with E-state index in [2.05, 4.69) is 37.2 Å². The van der Waals surface area contributed by atoms with Crippen molar-refractivity contribution in [3.63, 3.8) is 0 Å². The number of aromatic nitrogens is 3. The van der Waals surface area contributed by atoms with Gasteiger partial charge in [-0.25, -0.2) is 0 Å². The summed E-state index contributed by atoms with van der Waals surface area (Å²) in [6.45, 7) is 2.02. The molecule has 1 amide bonds. The highest BCUT2D eigenvalue weighted by Crippen LogP contribution is 2.31. The molecule has 4 rings (SSSR count). The van der Waals surface area contributed by atoms with Crippen LogP contribution in [0.3, 0.4) is 0 Å². The number of hydrogen-bond acceptors (Lipinski definition) is 7. The number of anilines is 3. The molecule has 2 heterocycles. The number of rotatable bonds is 8. The van der Waals surface area contributed by atoms with Gasteiger partial charge in [0.2, 0.25) is 11.9 Å². The zero-order valence-electron chi connectivity index (χ0n) is 21.3. The molecular formula is C26H26F6N6O2. The molecule has 1 fully saturated rings. The minimum atomic E-state index is -4.67. The number of piperidine rings is 1. The van der Waals surface area contributed by atoms with Crippen molar-refractivity contribution < 1.29 is 35.9 Å². The zero-order valence-corrected chi connectivity index (χ0v) is 21.3. The lowest BCUT2D eigenvalue weighted by Gasteiger charge is -2.30. The summed E-state index contributed by atoms with van der Waals surface area (Å²) in [5.74, 6) is 0.0312. The molecule has 0 bridgehead atoms. The summed E-state index contributed by atoms with van der Waals surface area (Å²) in [5, 5.41) is 5.38. The summed E-state index contributed by atoms with van der Waals surface area (Å²) in [5.41, 5.74) is 0.274. The minimum absolute atomic E-state index is 0.0443. The average molecular weight is 569 g/mol. The highest BCUT2D eigenvalue weighted by molar-refractivity contribution is 5.94. The number of carbonyl (C=O) groups is 1. The molecule has 8 nitrogen and oxygen atoms in total. The van der Waals surface area contributed by atoms with E-state index in [1.54, 1.807) is 24.3 Å². The first-order chi connectivity index (χ1) is 18.9. The van der Waals surface area contributed by atoms with Crippen LogP contribution < -0.4 is 15.4 Å². The number of nitrogens with one attached hydrogen (secondary N) is 2. The summed E-state index contributed by atoms with van der Waals surface area (Å²) in [7, 11) is 0. The van der Waals surface area contributed by atoms with E-state index in [9.17, 15) is 31.1 Å². The second-order valence-electron chi connectivity index (χ2n) is 9.40. The quantitative estimate of drug-likeness (QED) is 0.319. The molecule has 1 aliphatic heterocycles. The summed E-state index contributed by atoms with van der Waals surface area (Å²) in [6, 6.07) is 10.3. The number of halogens is 6. The highest BCUT2D eigenvalue weighted by atomic mass is 19.4. The Kier molecular flexibility index (Phi) is 8.64. The van der Waals surface area contributed by atoms with Crippen LogP contribution in [0, 0.1) is 5.92 Å². The molecule has 2 N–H and O–H groups in total. The standard InChI is InChI=1S/C26H26F6N6O2/c1-16-9-11-38(12-10-16)21(39)18-7-5-17(6-8-18)14-33-22-35-23(37-24(36-22)40-15-25(27,28)29)34-20-4-2-3-19(13-20)26(30,31)32/h2-8,13,16H,9-12,14-15H2,1H3,(H2,33,34,35,36,37). The van der Waals surface area contributed by atoms with Crippen LogP contribution in [-0.2, 0) is 12.7 Å². The summed E-state index contributed by atoms with van der Waals surface area (Å²) in [4.78, 5) is 26.2. The Bertz CT molecular complexity index is 1310. The largest absolute Gasteiger partial charge is 0.454 e. The van der Waals surface area contributed by atoms with Gasteiger partial charge in [-0.05, 0) is 54.7 Å². The van der Waals surface area contributed by atoms with Gasteiger partial charge in [0.15, 0.2) is 6.61 Å². The molecule has 3 aromatic rings. The molecule has 0 atom stereocenters. The van der Waals surface area contributed by atoms with Gasteiger partial charge in [0.1, 0.15) is 0 Å². The van der Waals surface area contributed by atoms with Crippen LogP contribution in [0.5, 0.6) is 6.01 Å². The van der Waals surface area contributed by atoms with Crippen molar-refractivity contribution in [1.82, 2.24) is 19.9 Å². The number of likely N-dealkylation sites (tertiary alicyclic amines) is 1. The van der Waals surface area contributed by atoms with Crippen LogP contribution in [0.15, 0.2) is 48.5 Å². The number of nitrogens with zero attached hydrogens (tertiary/aromatic N) is 4. The summed E-state index contributed by atoms with van der Waals surface area (Å²) < 4.78 is 81.9. The smallest absolute Gasteiger partial charge is 0.422 e. The fourth-order valence-corrected chi connectivity index (χ4v) is 3.95. The summed E-state index contributed by atoms with van der Waals surface area (Å²) >= 11 is 0. The van der Waals surface area contributed by atoms with Crippen molar-refractivity contribution in [1.29, 1.82) is 0 Å². The van der Waals surface area contributed by atoms with E-state index in [1.807, 2.05) is 4.90 Å². The van der Waals surface area contributed by atoms with Crippen molar-refractivity contribution in [3.05, 3.63) is 65.2 Å². The third kappa shape index (κ3) is 8.20. The lowest BCUT2D eigenvalue weighted by atomic mass is 9.98. The SMILES string of the molecule is CC1CCN(C(=O)c2ccc(CNc3nc(Nc4cccc(C(F)(F)F)c4)nc(OCC(F)(F)F)n3)cc2)CC1. The van der Waals surface area contributed by atoms with E-state index in [1.165, 1.54) is 6.07 Å². The molecule has 14 heteroatoms. The molecule has 40 heavy (non-hydrogen) atoms. The van der Waals surface area contributed by atoms with Gasteiger partial charge in [-0.3, -0.25) is 4.79 Å². The Balaban J connectivity index is 1.47. The Morgan fingerprint density at radius 2 is 1.65 bits per heavy atom. The van der Waals surface area contributed by atoms with E-state index < -0.39 is 30.5 Å². The second-order valence-corrected chi connectivity index (χ2v) is 9.40. The van der Waals surface area contributed by atoms with Crippen molar-refractivity contribution in [2.45, 2.75) is 38.7 Å². The van der Waals surface area contributed by atoms with Gasteiger partial charge in [0.05, 0.1) is 5.56 Å². The zero-order chi connectivity index (χ0) is 28.9. The van der Waals surface area contributed by atoms with Gasteiger partial charge < -0.3 is 20.3 Å². The minimum Gasteiger partial charge on any atom is -0.454 e. The van der Waals surface area contributed by atoms with Gasteiger partial charge in [0, 0.05) is 30.9 Å². The predicted octanol–water partition coefficient (Wildman–Crippen LogP) is 6.06. The molecule has 0 unspecified atom stereocenters. The third-order valence-electron chi connectivity index (χ3n) is 6.15. The van der Waals surface area contributed by atoms with Crippen LogP contribution in [0.4, 0.5) is 43.9 Å². The maximum atomic E-state index is 13.1. The molecule has 1 aromatic heterocycles. The molecule has 0 radical (unpaired) electrons. The Labute approximate surface area is 225 Å². The predicted molar refractivity (Wildman–Crippen MR) is 134 cm³/mol. The maximum absolute atomic E-state index is 13.1. The van der Waals surface area contributed by atoms with Gasteiger partial charge in [-0.2, -0.15) is 41.3 Å². The monoisotopic (exact) mass is 568 g/mol. The number of ether oxygens (including phenoxy) is 1. The molecule has 0 spiro atoms. The van der Waals surface area contributed by atoms with E-state index in [-0.39, 0.29) is 30.0 Å². The number of benzene rings is 2. The molecule has 1 saturated heterocycles. The van der Waals surface area contributed by atoms with Crippen molar-refractivity contribution in [2.75, 3.05) is 30.3 Å². The molecular weight excluding hydrogens is 542 g/mol. The number of carbonyl (C=O) groups excluding carboxylic acids is 1. The van der Waals surface area contributed by atoms with Gasteiger partial charge in [0.25, 0.3) is 5.91 Å². The molecule has 214 valence electrons. The van der Waals surface area contributed by atoms with Gasteiger partial charge in [-0.1, -0.05) is 25.1 Å². The van der Waals surface area contributed by atoms with E-state index in [4.69, 9.17) is 0 Å². The van der Waals surface area contributed by atoms with Gasteiger partial charge in [-0.15, -0.1) is 0 Å². The van der Waals surface area contributed by atoms with E-state index in [0.717, 1.165) is 36.6 Å². The Morgan fingerprint density at radius 1 is 0.975 bits per heavy atom. The van der Waals surface area contributed by atoms with Crippen LogP contribution in [0.2, 0.25) is 0 Å². The van der Waals surface area contributed by atoms with Crippen LogP contribution >= 0.6 is 0 Å². The molecule has 0 saturated carbocycles. The van der Waals surface area contributed by atoms with E-state index in [0.29, 0.717) is 24.6 Å². The van der Waals surface area contributed by atoms with Crippen molar-refractivity contribution in [3.8, 4) is 6.01 Å².